The monoisotopic (exact) mass is 490 g/mol. The fourth-order valence-electron chi connectivity index (χ4n) is 4.79. The molecule has 0 aliphatic carbocycles. The van der Waals surface area contributed by atoms with Crippen molar-refractivity contribution in [1.29, 1.82) is 0 Å². The number of sulfonamides is 2. The number of nitrogens with zero attached hydrogens (tertiary/aromatic N) is 3. The van der Waals surface area contributed by atoms with Gasteiger partial charge in [-0.05, 0) is 62.1 Å². The summed E-state index contributed by atoms with van der Waals surface area (Å²) in [4.78, 5) is 15.5. The minimum Gasteiger partial charge on any atom is -0.306 e. The lowest BCUT2D eigenvalue weighted by molar-refractivity contribution is 0.274. The summed E-state index contributed by atoms with van der Waals surface area (Å²) in [6.45, 7) is 1.56. The van der Waals surface area contributed by atoms with Crippen molar-refractivity contribution in [3.63, 3.8) is 0 Å². The van der Waals surface area contributed by atoms with Crippen LogP contribution in [0.15, 0.2) is 63.1 Å². The molecule has 2 saturated heterocycles. The molecule has 5 rings (SSSR count). The van der Waals surface area contributed by atoms with Crippen LogP contribution in [0.4, 0.5) is 0 Å². The van der Waals surface area contributed by atoms with Crippen LogP contribution in [0.3, 0.4) is 0 Å². The van der Waals surface area contributed by atoms with Crippen molar-refractivity contribution in [1.82, 2.24) is 18.2 Å². The average molecular weight is 491 g/mol. The molecule has 3 heterocycles. The average Bonchev–Trinajstić information content (AvgIpc) is 3.47. The maximum Gasteiger partial charge on any atom is 0.326 e. The molecule has 2 fully saturated rings. The first-order valence-corrected chi connectivity index (χ1v) is 14.0. The number of rotatable bonds is 5. The topological polar surface area (TPSA) is 113 Å². The van der Waals surface area contributed by atoms with Crippen molar-refractivity contribution in [3.8, 4) is 0 Å². The van der Waals surface area contributed by atoms with E-state index in [1.165, 1.54) is 32.9 Å². The normalized spacial score (nSPS) is 19.4. The number of hydrogen-bond acceptors (Lipinski definition) is 5. The first-order valence-electron chi connectivity index (χ1n) is 11.1. The quantitative estimate of drug-likeness (QED) is 0.589. The number of para-hydroxylation sites is 2. The third kappa shape index (κ3) is 3.92. The number of hydrogen-bond donors (Lipinski definition) is 1. The first-order chi connectivity index (χ1) is 15.8. The summed E-state index contributed by atoms with van der Waals surface area (Å²) >= 11 is 0. The maximum absolute atomic E-state index is 13.2. The Morgan fingerprint density at radius 3 is 1.82 bits per heavy atom. The summed E-state index contributed by atoms with van der Waals surface area (Å²) in [5.74, 6) is 0. The van der Waals surface area contributed by atoms with Gasteiger partial charge in [0, 0.05) is 32.2 Å². The molecule has 0 atom stereocenters. The fourth-order valence-corrected chi connectivity index (χ4v) is 7.77. The summed E-state index contributed by atoms with van der Waals surface area (Å²) in [5.41, 5.74) is 1.40. The van der Waals surface area contributed by atoms with Crippen LogP contribution in [0.5, 0.6) is 0 Å². The lowest BCUT2D eigenvalue weighted by atomic mass is 10.1. The van der Waals surface area contributed by atoms with E-state index in [4.69, 9.17) is 0 Å². The highest BCUT2D eigenvalue weighted by Gasteiger charge is 2.32. The van der Waals surface area contributed by atoms with E-state index in [0.29, 0.717) is 25.9 Å². The molecule has 11 heteroatoms. The Morgan fingerprint density at radius 1 is 0.727 bits per heavy atom. The molecule has 33 heavy (non-hydrogen) atoms. The molecule has 0 saturated carbocycles. The van der Waals surface area contributed by atoms with Crippen LogP contribution in [-0.2, 0) is 20.0 Å². The largest absolute Gasteiger partial charge is 0.326 e. The van der Waals surface area contributed by atoms with Gasteiger partial charge in [-0.1, -0.05) is 12.1 Å². The number of H-pyrrole nitrogens is 1. The lowest BCUT2D eigenvalue weighted by Gasteiger charge is -2.31. The minimum absolute atomic E-state index is 0.0746. The zero-order valence-electron chi connectivity index (χ0n) is 18.1. The van der Waals surface area contributed by atoms with E-state index in [1.54, 1.807) is 4.57 Å². The number of fused-ring (bicyclic) bond motifs is 1. The van der Waals surface area contributed by atoms with Crippen LogP contribution in [0, 0.1) is 0 Å². The van der Waals surface area contributed by atoms with Gasteiger partial charge >= 0.3 is 5.69 Å². The molecule has 0 unspecified atom stereocenters. The number of aromatic amines is 1. The number of piperidine rings is 1. The lowest BCUT2D eigenvalue weighted by Crippen LogP contribution is -2.40. The van der Waals surface area contributed by atoms with E-state index in [-0.39, 0.29) is 34.6 Å². The predicted octanol–water partition coefficient (Wildman–Crippen LogP) is 2.14. The summed E-state index contributed by atoms with van der Waals surface area (Å²) in [7, 11) is -7.35. The van der Waals surface area contributed by atoms with E-state index in [9.17, 15) is 21.6 Å². The van der Waals surface area contributed by atoms with E-state index in [2.05, 4.69) is 4.98 Å². The molecule has 176 valence electrons. The molecule has 0 spiro atoms. The Morgan fingerprint density at radius 2 is 1.24 bits per heavy atom. The smallest absolute Gasteiger partial charge is 0.306 e. The highest BCUT2D eigenvalue weighted by molar-refractivity contribution is 7.89. The van der Waals surface area contributed by atoms with Crippen LogP contribution in [-0.4, -0.2) is 61.2 Å². The fraction of sp³-hybridized carbons (Fsp3) is 0.409. The van der Waals surface area contributed by atoms with E-state index >= 15 is 0 Å². The van der Waals surface area contributed by atoms with Gasteiger partial charge < -0.3 is 4.98 Å². The standard InChI is InChI=1S/C22H26N4O5S2/c27-22-23-20-5-1-2-6-21(20)26(22)17-11-15-25(16-12-17)33(30,31)19-9-7-18(8-10-19)32(28,29)24-13-3-4-14-24/h1-2,5-10,17H,3-4,11-16H2,(H,23,27). The molecule has 0 bridgehead atoms. The van der Waals surface area contributed by atoms with Crippen LogP contribution in [0.25, 0.3) is 11.0 Å². The van der Waals surface area contributed by atoms with Crippen LogP contribution in [0.2, 0.25) is 0 Å². The first kappa shape index (κ1) is 22.3. The molecule has 1 N–H and O–H groups in total. The third-order valence-electron chi connectivity index (χ3n) is 6.58. The maximum atomic E-state index is 13.2. The van der Waals surface area contributed by atoms with E-state index in [0.717, 1.165) is 23.9 Å². The van der Waals surface area contributed by atoms with Gasteiger partial charge in [-0.2, -0.15) is 8.61 Å². The van der Waals surface area contributed by atoms with Gasteiger partial charge in [-0.15, -0.1) is 0 Å². The van der Waals surface area contributed by atoms with E-state index < -0.39 is 20.0 Å². The van der Waals surface area contributed by atoms with Crippen molar-refractivity contribution in [3.05, 3.63) is 59.0 Å². The molecule has 1 aromatic heterocycles. The second-order valence-electron chi connectivity index (χ2n) is 8.54. The molecule has 2 aliphatic heterocycles. The van der Waals surface area contributed by atoms with Crippen molar-refractivity contribution < 1.29 is 16.8 Å². The molecule has 2 aliphatic rings. The molecule has 3 aromatic rings. The van der Waals surface area contributed by atoms with Gasteiger partial charge in [0.25, 0.3) is 0 Å². The Hall–Kier alpha value is -2.47. The Labute approximate surface area is 192 Å². The Balaban J connectivity index is 1.32. The molecule has 0 amide bonds. The number of nitrogens with one attached hydrogen (secondary N) is 1. The third-order valence-corrected chi connectivity index (χ3v) is 10.4. The van der Waals surface area contributed by atoms with Crippen LogP contribution < -0.4 is 5.69 Å². The number of aromatic nitrogens is 2. The van der Waals surface area contributed by atoms with Crippen LogP contribution >= 0.6 is 0 Å². The second kappa shape index (κ2) is 8.39. The van der Waals surface area contributed by atoms with Gasteiger partial charge in [0.05, 0.1) is 20.8 Å². The van der Waals surface area contributed by atoms with Crippen molar-refractivity contribution in [2.24, 2.45) is 0 Å². The van der Waals surface area contributed by atoms with Gasteiger partial charge in [0.1, 0.15) is 0 Å². The molecule has 2 aromatic carbocycles. The van der Waals surface area contributed by atoms with E-state index in [1.807, 2.05) is 24.3 Å². The van der Waals surface area contributed by atoms with Gasteiger partial charge in [-0.25, -0.2) is 21.6 Å². The Bertz CT molecular complexity index is 1430. The van der Waals surface area contributed by atoms with Gasteiger partial charge in [-0.3, -0.25) is 4.57 Å². The highest BCUT2D eigenvalue weighted by Crippen LogP contribution is 2.29. The zero-order valence-corrected chi connectivity index (χ0v) is 19.7. The Kier molecular flexibility index (Phi) is 5.68. The molecular formula is C22H26N4O5S2. The SMILES string of the molecule is O=c1[nH]c2ccccc2n1C1CCN(S(=O)(=O)c2ccc(S(=O)(=O)N3CCCC3)cc2)CC1. The van der Waals surface area contributed by atoms with Crippen LogP contribution in [0.1, 0.15) is 31.7 Å². The minimum atomic E-state index is -3.76. The zero-order chi connectivity index (χ0) is 23.2. The summed E-state index contributed by atoms with van der Waals surface area (Å²) in [6.07, 6.45) is 2.71. The summed E-state index contributed by atoms with van der Waals surface area (Å²) in [6, 6.07) is 12.9. The van der Waals surface area contributed by atoms with Crippen molar-refractivity contribution in [2.45, 2.75) is 41.5 Å². The second-order valence-corrected chi connectivity index (χ2v) is 12.4. The summed E-state index contributed by atoms with van der Waals surface area (Å²) in [5, 5.41) is 0. The molecular weight excluding hydrogens is 464 g/mol. The van der Waals surface area contributed by atoms with Crippen molar-refractivity contribution in [2.75, 3.05) is 26.2 Å². The summed E-state index contributed by atoms with van der Waals surface area (Å²) < 4.78 is 56.3. The van der Waals surface area contributed by atoms with Gasteiger partial charge in [0.15, 0.2) is 0 Å². The molecule has 0 radical (unpaired) electrons. The van der Waals surface area contributed by atoms with Crippen molar-refractivity contribution >= 4 is 31.1 Å². The van der Waals surface area contributed by atoms with Gasteiger partial charge in [0.2, 0.25) is 20.0 Å². The predicted molar refractivity (Wildman–Crippen MR) is 124 cm³/mol. The molecule has 9 nitrogen and oxygen atoms in total. The highest BCUT2D eigenvalue weighted by atomic mass is 32.2. The number of benzene rings is 2. The number of imidazole rings is 1.